The summed E-state index contributed by atoms with van der Waals surface area (Å²) in [5, 5.41) is 3.16. The molecule has 24 heavy (non-hydrogen) atoms. The molecule has 2 aromatic carbocycles. The van der Waals surface area contributed by atoms with E-state index in [-0.39, 0.29) is 17.3 Å². The van der Waals surface area contributed by atoms with Crippen molar-refractivity contribution in [2.24, 2.45) is 0 Å². The molecule has 1 amide bonds. The molecule has 0 spiro atoms. The molecule has 2 atom stereocenters. The van der Waals surface area contributed by atoms with E-state index in [9.17, 15) is 4.79 Å². The normalized spacial score (nSPS) is 23.5. The summed E-state index contributed by atoms with van der Waals surface area (Å²) in [7, 11) is 0. The summed E-state index contributed by atoms with van der Waals surface area (Å²) in [6.07, 6.45) is 5.77. The van der Waals surface area contributed by atoms with Crippen molar-refractivity contribution < 1.29 is 4.79 Å². The average Bonchev–Trinajstić information content (AvgIpc) is 2.60. The van der Waals surface area contributed by atoms with Crippen molar-refractivity contribution in [2.45, 2.75) is 37.1 Å². The highest BCUT2D eigenvalue weighted by molar-refractivity contribution is 6.21. The van der Waals surface area contributed by atoms with Crippen molar-refractivity contribution in [1.29, 1.82) is 0 Å². The van der Waals surface area contributed by atoms with Crippen LogP contribution in [0.3, 0.4) is 0 Å². The summed E-state index contributed by atoms with van der Waals surface area (Å²) >= 11 is 6.57. The number of amides is 1. The minimum Gasteiger partial charge on any atom is -0.349 e. The number of hydrogen-bond donors (Lipinski definition) is 1. The molecule has 3 rings (SSSR count). The highest BCUT2D eigenvalue weighted by Gasteiger charge is 2.21. The van der Waals surface area contributed by atoms with Crippen LogP contribution in [0, 0.1) is 0 Å². The fourth-order valence-electron chi connectivity index (χ4n) is 3.17. The predicted octanol–water partition coefficient (Wildman–Crippen LogP) is 5.05. The lowest BCUT2D eigenvalue weighted by atomic mass is 9.92. The Balaban J connectivity index is 1.65. The van der Waals surface area contributed by atoms with E-state index in [1.54, 1.807) is 0 Å². The van der Waals surface area contributed by atoms with Crippen LogP contribution in [0.25, 0.3) is 5.57 Å². The zero-order valence-electron chi connectivity index (χ0n) is 13.6. The molecule has 0 saturated carbocycles. The molecule has 1 aliphatic rings. The summed E-state index contributed by atoms with van der Waals surface area (Å²) < 4.78 is 0. The lowest BCUT2D eigenvalue weighted by Gasteiger charge is -2.24. The second-order valence-electron chi connectivity index (χ2n) is 6.25. The fourth-order valence-corrected chi connectivity index (χ4v) is 3.55. The Bertz CT molecular complexity index is 696. The standard InChI is InChI=1S/C21H22ClNO/c22-19-14-18(16-8-3-1-4-9-16)12-7-13-20(15-19)23-21(24)17-10-5-2-6-11-17/h1-6,8-12,19-20H,7,13-15H2,(H,23,24)/b18-12-/t19-,20-/m1/s1. The SMILES string of the molecule is O=C(N[C@@H]1CC/C=C(\c2ccccc2)C[C@@H](Cl)C1)c1ccccc1. The molecular weight excluding hydrogens is 318 g/mol. The van der Waals surface area contributed by atoms with E-state index in [1.807, 2.05) is 36.4 Å². The van der Waals surface area contributed by atoms with Crippen LogP contribution in [-0.2, 0) is 0 Å². The smallest absolute Gasteiger partial charge is 0.251 e. The highest BCUT2D eigenvalue weighted by atomic mass is 35.5. The van der Waals surface area contributed by atoms with Crippen molar-refractivity contribution in [2.75, 3.05) is 0 Å². The maximum absolute atomic E-state index is 12.3. The number of carbonyl (C=O) groups is 1. The van der Waals surface area contributed by atoms with Crippen LogP contribution >= 0.6 is 11.6 Å². The minimum atomic E-state index is -0.0164. The molecule has 0 heterocycles. The van der Waals surface area contributed by atoms with Crippen LogP contribution in [-0.4, -0.2) is 17.3 Å². The predicted molar refractivity (Wildman–Crippen MR) is 100 cm³/mol. The van der Waals surface area contributed by atoms with Gasteiger partial charge in [-0.1, -0.05) is 54.6 Å². The summed E-state index contributed by atoms with van der Waals surface area (Å²) in [6, 6.07) is 19.9. The molecule has 0 bridgehead atoms. The maximum atomic E-state index is 12.3. The van der Waals surface area contributed by atoms with E-state index in [2.05, 4.69) is 35.7 Å². The average molecular weight is 340 g/mol. The van der Waals surface area contributed by atoms with Gasteiger partial charge < -0.3 is 5.32 Å². The number of halogens is 1. The molecule has 0 aromatic heterocycles. The third-order valence-corrected chi connectivity index (χ3v) is 4.74. The number of allylic oxidation sites excluding steroid dienone is 2. The molecular formula is C21H22ClNO. The van der Waals surface area contributed by atoms with Gasteiger partial charge in [0.1, 0.15) is 0 Å². The molecule has 1 N–H and O–H groups in total. The first-order chi connectivity index (χ1) is 11.7. The fraction of sp³-hybridized carbons (Fsp3) is 0.286. The second-order valence-corrected chi connectivity index (χ2v) is 6.86. The van der Waals surface area contributed by atoms with Gasteiger partial charge in [0.05, 0.1) is 0 Å². The van der Waals surface area contributed by atoms with Crippen LogP contribution in [0.2, 0.25) is 0 Å². The molecule has 124 valence electrons. The number of hydrogen-bond acceptors (Lipinski definition) is 1. The van der Waals surface area contributed by atoms with E-state index in [1.165, 1.54) is 11.1 Å². The number of alkyl halides is 1. The number of carbonyl (C=O) groups excluding carboxylic acids is 1. The van der Waals surface area contributed by atoms with E-state index < -0.39 is 0 Å². The minimum absolute atomic E-state index is 0.0164. The zero-order chi connectivity index (χ0) is 16.8. The Morgan fingerprint density at radius 3 is 2.38 bits per heavy atom. The van der Waals surface area contributed by atoms with E-state index >= 15 is 0 Å². The number of rotatable bonds is 3. The molecule has 0 fully saturated rings. The third kappa shape index (κ3) is 4.48. The first-order valence-corrected chi connectivity index (χ1v) is 8.90. The largest absolute Gasteiger partial charge is 0.349 e. The summed E-state index contributed by atoms with van der Waals surface area (Å²) in [5.41, 5.74) is 3.25. The Morgan fingerprint density at radius 2 is 1.67 bits per heavy atom. The van der Waals surface area contributed by atoms with Gasteiger partial charge in [-0.05, 0) is 49.0 Å². The van der Waals surface area contributed by atoms with Crippen LogP contribution in [0.4, 0.5) is 0 Å². The molecule has 0 unspecified atom stereocenters. The molecule has 1 aliphatic carbocycles. The zero-order valence-corrected chi connectivity index (χ0v) is 14.4. The topological polar surface area (TPSA) is 29.1 Å². The van der Waals surface area contributed by atoms with Crippen molar-refractivity contribution in [3.63, 3.8) is 0 Å². The van der Waals surface area contributed by atoms with Crippen LogP contribution in [0.15, 0.2) is 66.7 Å². The van der Waals surface area contributed by atoms with E-state index in [4.69, 9.17) is 11.6 Å². The lowest BCUT2D eigenvalue weighted by Crippen LogP contribution is -2.37. The van der Waals surface area contributed by atoms with Gasteiger partial charge in [-0.2, -0.15) is 0 Å². The van der Waals surface area contributed by atoms with Gasteiger partial charge in [0.2, 0.25) is 0 Å². The molecule has 0 aliphatic heterocycles. The van der Waals surface area contributed by atoms with Gasteiger partial charge >= 0.3 is 0 Å². The summed E-state index contributed by atoms with van der Waals surface area (Å²) in [5.74, 6) is -0.0164. The van der Waals surface area contributed by atoms with Crippen molar-refractivity contribution in [3.8, 4) is 0 Å². The van der Waals surface area contributed by atoms with Gasteiger partial charge in [-0.3, -0.25) is 4.79 Å². The quantitative estimate of drug-likeness (QED) is 0.779. The Kier molecular flexibility index (Phi) is 5.71. The van der Waals surface area contributed by atoms with Gasteiger partial charge in [0, 0.05) is 17.0 Å². The molecule has 0 radical (unpaired) electrons. The maximum Gasteiger partial charge on any atom is 0.251 e. The van der Waals surface area contributed by atoms with Crippen molar-refractivity contribution >= 4 is 23.1 Å². The Morgan fingerprint density at radius 1 is 1.00 bits per heavy atom. The molecule has 0 saturated heterocycles. The number of nitrogens with one attached hydrogen (secondary N) is 1. The molecule has 2 aromatic rings. The number of benzene rings is 2. The highest BCUT2D eigenvalue weighted by Crippen LogP contribution is 2.28. The van der Waals surface area contributed by atoms with Gasteiger partial charge in [-0.25, -0.2) is 0 Å². The molecule has 2 nitrogen and oxygen atoms in total. The van der Waals surface area contributed by atoms with Crippen molar-refractivity contribution in [3.05, 3.63) is 77.9 Å². The first-order valence-electron chi connectivity index (χ1n) is 8.47. The summed E-state index contributed by atoms with van der Waals surface area (Å²) in [6.45, 7) is 0. The second kappa shape index (κ2) is 8.16. The Labute approximate surface area is 148 Å². The monoisotopic (exact) mass is 339 g/mol. The van der Waals surface area contributed by atoms with E-state index in [0.717, 1.165) is 25.7 Å². The van der Waals surface area contributed by atoms with Gasteiger partial charge in [0.15, 0.2) is 0 Å². The first kappa shape index (κ1) is 16.8. The van der Waals surface area contributed by atoms with Gasteiger partial charge in [-0.15, -0.1) is 11.6 Å². The third-order valence-electron chi connectivity index (χ3n) is 4.40. The summed E-state index contributed by atoms with van der Waals surface area (Å²) in [4.78, 5) is 12.3. The van der Waals surface area contributed by atoms with Gasteiger partial charge in [0.25, 0.3) is 5.91 Å². The van der Waals surface area contributed by atoms with Crippen LogP contribution in [0.5, 0.6) is 0 Å². The van der Waals surface area contributed by atoms with E-state index in [0.29, 0.717) is 5.56 Å². The van der Waals surface area contributed by atoms with Crippen LogP contribution < -0.4 is 5.32 Å². The molecule has 3 heteroatoms. The lowest BCUT2D eigenvalue weighted by molar-refractivity contribution is 0.0933. The Hall–Kier alpha value is -2.06. The van der Waals surface area contributed by atoms with Crippen LogP contribution in [0.1, 0.15) is 41.6 Å². The van der Waals surface area contributed by atoms with Crippen molar-refractivity contribution in [1.82, 2.24) is 5.32 Å².